The van der Waals surface area contributed by atoms with Crippen LogP contribution in [0, 0.1) is 0 Å². The van der Waals surface area contributed by atoms with E-state index in [-0.39, 0.29) is 29.6 Å². The van der Waals surface area contributed by atoms with E-state index in [1.165, 1.54) is 0 Å². The summed E-state index contributed by atoms with van der Waals surface area (Å²) >= 11 is 0.563. The van der Waals surface area contributed by atoms with E-state index in [1.54, 1.807) is 6.92 Å². The van der Waals surface area contributed by atoms with Gasteiger partial charge in [0, 0.05) is 0 Å². The molecule has 7 nitrogen and oxygen atoms in total. The first-order valence-electron chi connectivity index (χ1n) is 4.42. The predicted molar refractivity (Wildman–Crippen MR) is 65.9 cm³/mol. The molecule has 100 valence electrons. The molecule has 0 aliphatic carbocycles. The Morgan fingerprint density at radius 3 is 1.82 bits per heavy atom. The molecule has 0 fully saturated rings. The lowest BCUT2D eigenvalue weighted by Gasteiger charge is -2.15. The highest BCUT2D eigenvalue weighted by Crippen LogP contribution is 2.29. The van der Waals surface area contributed by atoms with Crippen molar-refractivity contribution in [2.75, 3.05) is 20.0 Å². The van der Waals surface area contributed by atoms with Gasteiger partial charge in [0.1, 0.15) is 0 Å². The lowest BCUT2D eigenvalue weighted by molar-refractivity contribution is 0.200. The summed E-state index contributed by atoms with van der Waals surface area (Å²) in [4.78, 5) is 22.0. The maximum absolute atomic E-state index is 11.7. The van der Waals surface area contributed by atoms with Crippen LogP contribution in [0.3, 0.4) is 0 Å². The zero-order chi connectivity index (χ0) is 13.5. The SMILES string of the molecule is CCCS(=O)(=O)N(SC(=O)OC)SC(=O)OC. The molecule has 0 radical (unpaired) electrons. The summed E-state index contributed by atoms with van der Waals surface area (Å²) < 4.78 is 32.6. The molecule has 0 rings (SSSR count). The number of nitrogens with zero attached hydrogens (tertiary/aromatic N) is 1. The first-order valence-corrected chi connectivity index (χ1v) is 7.57. The van der Waals surface area contributed by atoms with E-state index in [9.17, 15) is 18.0 Å². The highest BCUT2D eigenvalue weighted by molar-refractivity contribution is 8.32. The van der Waals surface area contributed by atoms with Crippen molar-refractivity contribution in [1.29, 1.82) is 0 Å². The Bertz CT molecular complexity index is 350. The predicted octanol–water partition coefficient (Wildman–Crippen LogP) is 1.86. The van der Waals surface area contributed by atoms with E-state index in [0.29, 0.717) is 9.54 Å². The van der Waals surface area contributed by atoms with Crippen LogP contribution in [0.25, 0.3) is 0 Å². The van der Waals surface area contributed by atoms with Gasteiger partial charge < -0.3 is 9.47 Å². The van der Waals surface area contributed by atoms with Crippen molar-refractivity contribution in [3.05, 3.63) is 0 Å². The summed E-state index contributed by atoms with van der Waals surface area (Å²) in [5, 5.41) is -1.66. The van der Waals surface area contributed by atoms with Gasteiger partial charge in [0.05, 0.1) is 43.9 Å². The Balaban J connectivity index is 4.84. The molecule has 0 saturated heterocycles. The normalized spacial score (nSPS) is 11.3. The summed E-state index contributed by atoms with van der Waals surface area (Å²) in [6.45, 7) is 1.67. The quantitative estimate of drug-likeness (QED) is 0.561. The van der Waals surface area contributed by atoms with Crippen molar-refractivity contribution in [3.8, 4) is 0 Å². The third-order valence-electron chi connectivity index (χ3n) is 1.32. The lowest BCUT2D eigenvalue weighted by atomic mass is 10.6. The number of hydrogen-bond donors (Lipinski definition) is 0. The van der Waals surface area contributed by atoms with Crippen LogP contribution >= 0.6 is 23.9 Å². The smallest absolute Gasteiger partial charge is 0.384 e. The average molecular weight is 303 g/mol. The minimum atomic E-state index is -3.73. The van der Waals surface area contributed by atoms with Gasteiger partial charge in [-0.2, -0.15) is 0 Å². The fraction of sp³-hybridized carbons (Fsp3) is 0.714. The van der Waals surface area contributed by atoms with Gasteiger partial charge in [-0.25, -0.2) is 18.0 Å². The Morgan fingerprint density at radius 1 is 1.12 bits per heavy atom. The first kappa shape index (κ1) is 16.6. The molecule has 0 unspecified atom stereocenters. The second kappa shape index (κ2) is 7.80. The van der Waals surface area contributed by atoms with Gasteiger partial charge in [0.15, 0.2) is 0 Å². The third kappa shape index (κ3) is 6.15. The molecule has 0 aromatic rings. The van der Waals surface area contributed by atoms with Crippen molar-refractivity contribution in [1.82, 2.24) is 3.12 Å². The molecule has 0 amide bonds. The molecular formula is C7H13NO6S3. The molecular weight excluding hydrogens is 290 g/mol. The van der Waals surface area contributed by atoms with E-state index in [4.69, 9.17) is 0 Å². The van der Waals surface area contributed by atoms with Crippen LogP contribution in [0.15, 0.2) is 0 Å². The maximum atomic E-state index is 11.7. The molecule has 0 N–H and O–H groups in total. The molecule has 0 saturated carbocycles. The number of methoxy groups -OCH3 is 2. The van der Waals surface area contributed by atoms with E-state index in [0.717, 1.165) is 14.2 Å². The fourth-order valence-electron chi connectivity index (χ4n) is 0.661. The van der Waals surface area contributed by atoms with Crippen molar-refractivity contribution in [2.45, 2.75) is 13.3 Å². The van der Waals surface area contributed by atoms with Crippen LogP contribution in [0.1, 0.15) is 13.3 Å². The van der Waals surface area contributed by atoms with Crippen molar-refractivity contribution < 1.29 is 27.5 Å². The van der Waals surface area contributed by atoms with Gasteiger partial charge in [-0.15, -0.1) is 0 Å². The molecule has 0 aromatic carbocycles. The first-order chi connectivity index (χ1) is 7.87. The Kier molecular flexibility index (Phi) is 7.59. The summed E-state index contributed by atoms with van der Waals surface area (Å²) in [6, 6.07) is 0. The van der Waals surface area contributed by atoms with E-state index in [2.05, 4.69) is 9.47 Å². The highest BCUT2D eigenvalue weighted by atomic mass is 32.3. The molecule has 17 heavy (non-hydrogen) atoms. The van der Waals surface area contributed by atoms with Crippen LogP contribution in [0.4, 0.5) is 9.59 Å². The largest absolute Gasteiger partial charge is 0.460 e. The van der Waals surface area contributed by atoms with E-state index >= 15 is 0 Å². The number of ether oxygens (including phenoxy) is 2. The molecule has 0 heterocycles. The Labute approximate surface area is 109 Å². The molecule has 10 heteroatoms. The van der Waals surface area contributed by atoms with Gasteiger partial charge in [-0.1, -0.05) is 10.0 Å². The number of carbonyl (C=O) groups is 2. The Hall–Kier alpha value is -0.450. The zero-order valence-electron chi connectivity index (χ0n) is 9.54. The molecule has 0 aliphatic rings. The second-order valence-corrected chi connectivity index (χ2v) is 6.99. The lowest BCUT2D eigenvalue weighted by Crippen LogP contribution is -2.24. The highest BCUT2D eigenvalue weighted by Gasteiger charge is 2.29. The van der Waals surface area contributed by atoms with E-state index in [1.807, 2.05) is 0 Å². The molecule has 0 spiro atoms. The van der Waals surface area contributed by atoms with Gasteiger partial charge in [0.2, 0.25) is 10.0 Å². The monoisotopic (exact) mass is 303 g/mol. The zero-order valence-corrected chi connectivity index (χ0v) is 12.0. The second-order valence-electron chi connectivity index (χ2n) is 2.60. The van der Waals surface area contributed by atoms with Crippen LogP contribution in [-0.4, -0.2) is 42.1 Å². The van der Waals surface area contributed by atoms with Gasteiger partial charge >= 0.3 is 10.6 Å². The van der Waals surface area contributed by atoms with Gasteiger partial charge in [0.25, 0.3) is 0 Å². The molecule has 0 aromatic heterocycles. The van der Waals surface area contributed by atoms with Crippen LogP contribution < -0.4 is 0 Å². The van der Waals surface area contributed by atoms with Crippen LogP contribution in [0.5, 0.6) is 0 Å². The fourth-order valence-corrected chi connectivity index (χ4v) is 3.95. The number of hydrogen-bond acceptors (Lipinski definition) is 8. The summed E-state index contributed by atoms with van der Waals surface area (Å²) in [5.74, 6) is -0.180. The van der Waals surface area contributed by atoms with Gasteiger partial charge in [-0.05, 0) is 6.42 Å². The number of rotatable bonds is 5. The minimum absolute atomic E-state index is 0.180. The average Bonchev–Trinajstić information content (AvgIpc) is 2.27. The van der Waals surface area contributed by atoms with E-state index < -0.39 is 20.6 Å². The Morgan fingerprint density at radius 2 is 1.53 bits per heavy atom. The third-order valence-corrected chi connectivity index (χ3v) is 5.89. The standard InChI is InChI=1S/C7H13NO6S3/c1-4-5-17(11,12)8(15-6(9)13-2)16-7(10)14-3/h4-5H2,1-3H3. The van der Waals surface area contributed by atoms with Crippen LogP contribution in [0.2, 0.25) is 0 Å². The van der Waals surface area contributed by atoms with Crippen molar-refractivity contribution >= 4 is 44.5 Å². The number of sulfonamides is 1. The van der Waals surface area contributed by atoms with Crippen molar-refractivity contribution in [3.63, 3.8) is 0 Å². The summed E-state index contributed by atoms with van der Waals surface area (Å²) in [6.07, 6.45) is 0.363. The van der Waals surface area contributed by atoms with Crippen molar-refractivity contribution in [2.24, 2.45) is 0 Å². The molecule has 0 aliphatic heterocycles. The minimum Gasteiger partial charge on any atom is -0.460 e. The van der Waals surface area contributed by atoms with Crippen LogP contribution in [-0.2, 0) is 19.5 Å². The topological polar surface area (TPSA) is 90.0 Å². The molecule has 0 atom stereocenters. The van der Waals surface area contributed by atoms with Gasteiger partial charge in [-0.3, -0.25) is 0 Å². The molecule has 0 bridgehead atoms. The number of carbonyl (C=O) groups excluding carboxylic acids is 2. The maximum Gasteiger partial charge on any atom is 0.384 e. The summed E-state index contributed by atoms with van der Waals surface area (Å²) in [5.41, 5.74) is 0. The summed E-state index contributed by atoms with van der Waals surface area (Å²) in [7, 11) is -1.50.